The summed E-state index contributed by atoms with van der Waals surface area (Å²) in [5.41, 5.74) is 1.67. The van der Waals surface area contributed by atoms with Gasteiger partial charge in [-0.1, -0.05) is 6.07 Å². The molecular formula is C15H26IN5O. The molecule has 0 aliphatic rings. The lowest BCUT2D eigenvalue weighted by Gasteiger charge is -2.21. The predicted octanol–water partition coefficient (Wildman–Crippen LogP) is 1.59. The first-order valence-corrected chi connectivity index (χ1v) is 6.98. The van der Waals surface area contributed by atoms with Gasteiger partial charge in [0.05, 0.1) is 18.8 Å². The maximum atomic E-state index is 11.7. The lowest BCUT2D eigenvalue weighted by atomic mass is 10.1. The second kappa shape index (κ2) is 9.60. The number of nitrogens with zero attached hydrogens (tertiary/aromatic N) is 2. The Balaban J connectivity index is 0.00000441. The predicted molar refractivity (Wildman–Crippen MR) is 100 cm³/mol. The van der Waals surface area contributed by atoms with Crippen LogP contribution in [0.3, 0.4) is 0 Å². The van der Waals surface area contributed by atoms with Crippen molar-refractivity contribution in [1.29, 1.82) is 0 Å². The van der Waals surface area contributed by atoms with Crippen molar-refractivity contribution >= 4 is 35.8 Å². The molecule has 0 saturated carbocycles. The first-order chi connectivity index (χ1) is 9.80. The van der Waals surface area contributed by atoms with Crippen molar-refractivity contribution in [2.45, 2.75) is 39.8 Å². The van der Waals surface area contributed by atoms with Crippen LogP contribution in [0, 0.1) is 6.92 Å². The van der Waals surface area contributed by atoms with E-state index in [0.717, 1.165) is 11.4 Å². The number of aromatic nitrogens is 1. The molecule has 1 aromatic rings. The molecule has 0 unspecified atom stereocenters. The molecule has 0 aliphatic carbocycles. The summed E-state index contributed by atoms with van der Waals surface area (Å²) in [5, 5.41) is 8.99. The molecule has 1 aromatic heterocycles. The fraction of sp³-hybridized carbons (Fsp3) is 0.533. The van der Waals surface area contributed by atoms with Gasteiger partial charge in [0.15, 0.2) is 5.96 Å². The Morgan fingerprint density at radius 1 is 1.27 bits per heavy atom. The molecule has 124 valence electrons. The molecule has 0 radical (unpaired) electrons. The summed E-state index contributed by atoms with van der Waals surface area (Å²) in [5.74, 6) is 0.501. The van der Waals surface area contributed by atoms with Gasteiger partial charge in [-0.3, -0.25) is 14.8 Å². The number of rotatable bonds is 4. The monoisotopic (exact) mass is 419 g/mol. The Hall–Kier alpha value is -1.38. The second-order valence-electron chi connectivity index (χ2n) is 5.85. The van der Waals surface area contributed by atoms with Crippen molar-refractivity contribution in [3.8, 4) is 0 Å². The van der Waals surface area contributed by atoms with Gasteiger partial charge in [0.25, 0.3) is 0 Å². The number of hydrogen-bond donors (Lipinski definition) is 3. The molecule has 22 heavy (non-hydrogen) atoms. The Bertz CT molecular complexity index is 511. The van der Waals surface area contributed by atoms with E-state index in [1.165, 1.54) is 0 Å². The summed E-state index contributed by atoms with van der Waals surface area (Å²) >= 11 is 0. The van der Waals surface area contributed by atoms with Gasteiger partial charge in [-0.05, 0) is 39.8 Å². The zero-order valence-electron chi connectivity index (χ0n) is 13.9. The van der Waals surface area contributed by atoms with Crippen molar-refractivity contribution in [3.05, 3.63) is 29.6 Å². The van der Waals surface area contributed by atoms with Gasteiger partial charge in [0.1, 0.15) is 0 Å². The van der Waals surface area contributed by atoms with E-state index in [9.17, 15) is 4.79 Å². The molecule has 0 aliphatic heterocycles. The zero-order chi connectivity index (χ0) is 15.9. The zero-order valence-corrected chi connectivity index (χ0v) is 16.2. The van der Waals surface area contributed by atoms with Gasteiger partial charge >= 0.3 is 0 Å². The van der Waals surface area contributed by atoms with Crippen LogP contribution in [-0.2, 0) is 11.3 Å². The number of hydrogen-bond acceptors (Lipinski definition) is 3. The number of nitrogens with one attached hydrogen (secondary N) is 3. The highest BCUT2D eigenvalue weighted by molar-refractivity contribution is 14.0. The summed E-state index contributed by atoms with van der Waals surface area (Å²) in [6.07, 6.45) is 0. The van der Waals surface area contributed by atoms with E-state index in [1.54, 1.807) is 7.05 Å². The van der Waals surface area contributed by atoms with Gasteiger partial charge in [-0.2, -0.15) is 0 Å². The van der Waals surface area contributed by atoms with Crippen LogP contribution in [0.5, 0.6) is 0 Å². The van der Waals surface area contributed by atoms with Crippen molar-refractivity contribution < 1.29 is 4.79 Å². The van der Waals surface area contributed by atoms with Crippen LogP contribution in [0.2, 0.25) is 0 Å². The number of pyridine rings is 1. The summed E-state index contributed by atoms with van der Waals surface area (Å²) < 4.78 is 0. The van der Waals surface area contributed by atoms with Crippen LogP contribution in [0.1, 0.15) is 32.2 Å². The van der Waals surface area contributed by atoms with E-state index in [-0.39, 0.29) is 42.0 Å². The number of halogens is 1. The van der Waals surface area contributed by atoms with Gasteiger partial charge in [0, 0.05) is 18.3 Å². The van der Waals surface area contributed by atoms with E-state index >= 15 is 0 Å². The smallest absolute Gasteiger partial charge is 0.239 e. The first kappa shape index (κ1) is 20.6. The maximum absolute atomic E-state index is 11.7. The lowest BCUT2D eigenvalue weighted by molar-refractivity contribution is -0.121. The van der Waals surface area contributed by atoms with E-state index in [1.807, 2.05) is 45.9 Å². The quantitative estimate of drug-likeness (QED) is 0.394. The molecule has 0 aromatic carbocycles. The highest BCUT2D eigenvalue weighted by atomic mass is 127. The number of aryl methyl sites for hydroxylation is 1. The highest BCUT2D eigenvalue weighted by Crippen LogP contribution is 1.98. The minimum absolute atomic E-state index is 0. The van der Waals surface area contributed by atoms with Crippen molar-refractivity contribution in [1.82, 2.24) is 20.9 Å². The molecule has 0 saturated heterocycles. The van der Waals surface area contributed by atoms with Crippen molar-refractivity contribution in [2.75, 3.05) is 13.6 Å². The third kappa shape index (κ3) is 8.81. The lowest BCUT2D eigenvalue weighted by Crippen LogP contribution is -2.48. The molecule has 7 heteroatoms. The SMILES string of the molecule is CN=C(NCC(=O)NC(C)(C)C)NCc1cccc(C)n1.I. The topological polar surface area (TPSA) is 78.4 Å². The molecule has 0 spiro atoms. The Labute approximate surface area is 149 Å². The van der Waals surface area contributed by atoms with Crippen LogP contribution < -0.4 is 16.0 Å². The third-order valence-corrected chi connectivity index (χ3v) is 2.54. The molecule has 1 amide bonds. The van der Waals surface area contributed by atoms with Crippen LogP contribution in [-0.4, -0.2) is 36.0 Å². The number of carbonyl (C=O) groups is 1. The molecule has 0 fully saturated rings. The molecule has 6 nitrogen and oxygen atoms in total. The van der Waals surface area contributed by atoms with Crippen molar-refractivity contribution in [2.24, 2.45) is 4.99 Å². The number of carbonyl (C=O) groups excluding carboxylic acids is 1. The molecule has 1 heterocycles. The maximum Gasteiger partial charge on any atom is 0.239 e. The fourth-order valence-corrected chi connectivity index (χ4v) is 1.72. The van der Waals surface area contributed by atoms with E-state index < -0.39 is 0 Å². The van der Waals surface area contributed by atoms with Crippen molar-refractivity contribution in [3.63, 3.8) is 0 Å². The van der Waals surface area contributed by atoms with Gasteiger partial charge in [-0.15, -0.1) is 24.0 Å². The highest BCUT2D eigenvalue weighted by Gasteiger charge is 2.13. The Morgan fingerprint density at radius 2 is 1.95 bits per heavy atom. The Kier molecular flexibility index (Phi) is 9.00. The molecule has 3 N–H and O–H groups in total. The minimum Gasteiger partial charge on any atom is -0.351 e. The largest absolute Gasteiger partial charge is 0.351 e. The molecule has 0 atom stereocenters. The standard InChI is InChI=1S/C15H25N5O.HI/c1-11-7-6-8-12(19-11)9-17-14(16-5)18-10-13(21)20-15(2,3)4;/h6-8H,9-10H2,1-5H3,(H,20,21)(H2,16,17,18);1H. The van der Waals surface area contributed by atoms with Crippen LogP contribution >= 0.6 is 24.0 Å². The minimum atomic E-state index is -0.235. The number of aliphatic imine (C=N–C) groups is 1. The average Bonchev–Trinajstić information content (AvgIpc) is 2.37. The second-order valence-corrected chi connectivity index (χ2v) is 5.85. The van der Waals surface area contributed by atoms with E-state index in [4.69, 9.17) is 0 Å². The van der Waals surface area contributed by atoms with Gasteiger partial charge in [0.2, 0.25) is 5.91 Å². The molecule has 1 rings (SSSR count). The van der Waals surface area contributed by atoms with Crippen LogP contribution in [0.15, 0.2) is 23.2 Å². The van der Waals surface area contributed by atoms with E-state index in [2.05, 4.69) is 25.9 Å². The van der Waals surface area contributed by atoms with Crippen LogP contribution in [0.25, 0.3) is 0 Å². The average molecular weight is 419 g/mol. The summed E-state index contributed by atoms with van der Waals surface area (Å²) in [7, 11) is 1.67. The first-order valence-electron chi connectivity index (χ1n) is 6.98. The summed E-state index contributed by atoms with van der Waals surface area (Å²) in [6.45, 7) is 8.53. The Morgan fingerprint density at radius 3 is 2.50 bits per heavy atom. The van der Waals surface area contributed by atoms with E-state index in [0.29, 0.717) is 12.5 Å². The van der Waals surface area contributed by atoms with Crippen LogP contribution in [0.4, 0.5) is 0 Å². The normalized spacial score (nSPS) is 11.4. The number of amides is 1. The third-order valence-electron chi connectivity index (χ3n) is 2.54. The fourth-order valence-electron chi connectivity index (χ4n) is 1.72. The summed E-state index contributed by atoms with van der Waals surface area (Å²) in [6, 6.07) is 5.86. The summed E-state index contributed by atoms with van der Waals surface area (Å²) in [4.78, 5) is 20.2. The number of guanidine groups is 1. The molecular weight excluding hydrogens is 393 g/mol. The molecule has 0 bridgehead atoms. The van der Waals surface area contributed by atoms with Gasteiger partial charge < -0.3 is 16.0 Å². The van der Waals surface area contributed by atoms with Gasteiger partial charge in [-0.25, -0.2) is 0 Å².